The van der Waals surface area contributed by atoms with Crippen molar-refractivity contribution in [2.45, 2.75) is 17.1 Å². The van der Waals surface area contributed by atoms with Crippen molar-refractivity contribution in [1.82, 2.24) is 5.32 Å². The number of thioether (sulfide) groups is 1. The van der Waals surface area contributed by atoms with Gasteiger partial charge in [-0.3, -0.25) is 14.4 Å². The van der Waals surface area contributed by atoms with Crippen LogP contribution in [0.1, 0.15) is 32.3 Å². The Morgan fingerprint density at radius 3 is 2.21 bits per heavy atom. The van der Waals surface area contributed by atoms with Crippen molar-refractivity contribution < 1.29 is 19.1 Å². The molecule has 0 fully saturated rings. The summed E-state index contributed by atoms with van der Waals surface area (Å²) in [6, 6.07) is 36.1. The number of carbonyl (C=O) groups is 3. The predicted octanol–water partition coefficient (Wildman–Crippen LogP) is 9.30. The molecule has 0 radical (unpaired) electrons. The van der Waals surface area contributed by atoms with Gasteiger partial charge in [-0.2, -0.15) is 0 Å². The molecule has 5 aromatic carbocycles. The molecule has 3 N–H and O–H groups in total. The van der Waals surface area contributed by atoms with Crippen LogP contribution in [0.5, 0.6) is 5.75 Å². The maximum absolute atomic E-state index is 13.8. The van der Waals surface area contributed by atoms with E-state index in [0.29, 0.717) is 27.7 Å². The molecule has 0 saturated carbocycles. The van der Waals surface area contributed by atoms with E-state index in [-0.39, 0.29) is 11.6 Å². The first-order chi connectivity index (χ1) is 23.2. The van der Waals surface area contributed by atoms with Crippen LogP contribution in [0, 0.1) is 6.92 Å². The number of methoxy groups -OCH3 is 1. The largest absolute Gasteiger partial charge is 0.495 e. The van der Waals surface area contributed by atoms with Gasteiger partial charge >= 0.3 is 0 Å². The summed E-state index contributed by atoms with van der Waals surface area (Å²) in [6.45, 7) is 1.85. The molecular weight excluding hydrogens is 710 g/mol. The third kappa shape index (κ3) is 9.16. The van der Waals surface area contributed by atoms with Crippen molar-refractivity contribution in [3.05, 3.63) is 159 Å². The van der Waals surface area contributed by atoms with E-state index in [0.717, 1.165) is 26.1 Å². The molecule has 5 rings (SSSR count). The number of hydrogen-bond donors (Lipinski definition) is 3. The number of nitrogens with one attached hydrogen (secondary N) is 3. The van der Waals surface area contributed by atoms with Crippen LogP contribution in [0.15, 0.2) is 136 Å². The van der Waals surface area contributed by atoms with Crippen LogP contribution in [-0.2, 0) is 9.59 Å². The summed E-state index contributed by atoms with van der Waals surface area (Å²) in [4.78, 5) is 41.2. The van der Waals surface area contributed by atoms with Gasteiger partial charge in [-0.15, -0.1) is 11.8 Å². The Labute approximate surface area is 296 Å². The number of hydrogen-bond acceptors (Lipinski definition) is 5. The van der Waals surface area contributed by atoms with E-state index in [1.54, 1.807) is 60.7 Å². The lowest BCUT2D eigenvalue weighted by atomic mass is 10.1. The number of rotatable bonds is 11. The first-order valence-corrected chi connectivity index (χ1v) is 16.9. The third-order valence-electron chi connectivity index (χ3n) is 7.13. The fourth-order valence-corrected chi connectivity index (χ4v) is 6.18. The second kappa shape index (κ2) is 16.3. The quantitative estimate of drug-likeness (QED) is 0.0927. The van der Waals surface area contributed by atoms with E-state index in [2.05, 4.69) is 31.9 Å². The van der Waals surface area contributed by atoms with E-state index in [1.807, 2.05) is 73.7 Å². The highest BCUT2D eigenvalue weighted by Gasteiger charge is 2.24. The molecule has 0 heterocycles. The Balaban J connectivity index is 1.39. The van der Waals surface area contributed by atoms with Crippen LogP contribution in [0.2, 0.25) is 5.02 Å². The van der Waals surface area contributed by atoms with Crippen molar-refractivity contribution in [1.29, 1.82) is 0 Å². The molecule has 0 spiro atoms. The summed E-state index contributed by atoms with van der Waals surface area (Å²) < 4.78 is 6.36. The number of amides is 3. The van der Waals surface area contributed by atoms with Crippen molar-refractivity contribution in [3.63, 3.8) is 0 Å². The summed E-state index contributed by atoms with van der Waals surface area (Å²) >= 11 is 11.0. The van der Waals surface area contributed by atoms with Gasteiger partial charge in [0.05, 0.1) is 12.8 Å². The van der Waals surface area contributed by atoms with Crippen LogP contribution in [0.3, 0.4) is 0 Å². The predicted molar refractivity (Wildman–Crippen MR) is 198 cm³/mol. The molecule has 5 aromatic rings. The SMILES string of the molecule is COc1cc(Cl)c(C)cc1NC(=O)C(Sc1cccc(NC(=O)/C(=C/c2ccc(Br)cc2)NC(=O)c2ccccc2)c1)c1ccccc1. The fraction of sp³-hybridized carbons (Fsp3) is 0.0789. The Hall–Kier alpha value is -4.83. The number of anilines is 2. The zero-order valence-corrected chi connectivity index (χ0v) is 29.2. The molecule has 1 atom stereocenters. The first-order valence-electron chi connectivity index (χ1n) is 14.8. The lowest BCUT2D eigenvalue weighted by Crippen LogP contribution is -2.30. The summed E-state index contributed by atoms with van der Waals surface area (Å²) in [6.07, 6.45) is 1.61. The highest BCUT2D eigenvalue weighted by atomic mass is 79.9. The normalized spacial score (nSPS) is 11.7. The van der Waals surface area contributed by atoms with E-state index in [9.17, 15) is 14.4 Å². The van der Waals surface area contributed by atoms with Crippen LogP contribution in [-0.4, -0.2) is 24.8 Å². The molecule has 10 heteroatoms. The molecule has 0 saturated heterocycles. The highest BCUT2D eigenvalue weighted by Crippen LogP contribution is 2.39. The number of carbonyl (C=O) groups excluding carboxylic acids is 3. The van der Waals surface area contributed by atoms with Gasteiger partial charge in [0.15, 0.2) is 0 Å². The molecule has 7 nitrogen and oxygen atoms in total. The number of ether oxygens (including phenoxy) is 1. The summed E-state index contributed by atoms with van der Waals surface area (Å²) in [5.41, 5.74) is 3.80. The topological polar surface area (TPSA) is 96.5 Å². The zero-order chi connectivity index (χ0) is 34.0. The van der Waals surface area contributed by atoms with Gasteiger partial charge in [0.2, 0.25) is 5.91 Å². The highest BCUT2D eigenvalue weighted by molar-refractivity contribution is 9.10. The lowest BCUT2D eigenvalue weighted by molar-refractivity contribution is -0.116. The number of aryl methyl sites for hydroxylation is 1. The lowest BCUT2D eigenvalue weighted by Gasteiger charge is -2.19. The van der Waals surface area contributed by atoms with E-state index < -0.39 is 17.1 Å². The van der Waals surface area contributed by atoms with Crippen LogP contribution < -0.4 is 20.7 Å². The smallest absolute Gasteiger partial charge is 0.272 e. The van der Waals surface area contributed by atoms with Crippen molar-refractivity contribution in [2.75, 3.05) is 17.7 Å². The second-order valence-corrected chi connectivity index (χ2v) is 13.1. The average Bonchev–Trinajstić information content (AvgIpc) is 3.10. The molecule has 0 aromatic heterocycles. The molecular formula is C38H31BrClN3O4S. The summed E-state index contributed by atoms with van der Waals surface area (Å²) in [7, 11) is 1.52. The summed E-state index contributed by atoms with van der Waals surface area (Å²) in [5, 5.41) is 8.56. The Morgan fingerprint density at radius 1 is 0.833 bits per heavy atom. The first kappa shape index (κ1) is 34.5. The second-order valence-electron chi connectivity index (χ2n) is 10.6. The summed E-state index contributed by atoms with van der Waals surface area (Å²) in [5.74, 6) is -0.731. The van der Waals surface area contributed by atoms with Gasteiger partial charge in [-0.05, 0) is 78.2 Å². The molecule has 242 valence electrons. The molecule has 3 amide bonds. The van der Waals surface area contributed by atoms with Gasteiger partial charge in [0.25, 0.3) is 11.8 Å². The van der Waals surface area contributed by atoms with E-state index in [1.165, 1.54) is 18.9 Å². The average molecular weight is 741 g/mol. The Morgan fingerprint density at radius 2 is 1.52 bits per heavy atom. The molecule has 0 aliphatic rings. The molecule has 0 aliphatic heterocycles. The van der Waals surface area contributed by atoms with Gasteiger partial charge in [-0.1, -0.05) is 94.3 Å². The van der Waals surface area contributed by atoms with Crippen LogP contribution in [0.25, 0.3) is 6.08 Å². The van der Waals surface area contributed by atoms with Gasteiger partial charge in [0.1, 0.15) is 16.7 Å². The molecule has 48 heavy (non-hydrogen) atoms. The van der Waals surface area contributed by atoms with E-state index in [4.69, 9.17) is 16.3 Å². The minimum absolute atomic E-state index is 0.0676. The fourth-order valence-electron chi connectivity index (χ4n) is 4.68. The van der Waals surface area contributed by atoms with Crippen LogP contribution >= 0.6 is 39.3 Å². The zero-order valence-electron chi connectivity index (χ0n) is 26.0. The van der Waals surface area contributed by atoms with Gasteiger partial charge < -0.3 is 20.7 Å². The van der Waals surface area contributed by atoms with Crippen LogP contribution in [0.4, 0.5) is 11.4 Å². The Kier molecular flexibility index (Phi) is 11.7. The maximum Gasteiger partial charge on any atom is 0.272 e. The van der Waals surface area contributed by atoms with E-state index >= 15 is 0 Å². The monoisotopic (exact) mass is 739 g/mol. The van der Waals surface area contributed by atoms with Crippen molar-refractivity contribution in [2.24, 2.45) is 0 Å². The van der Waals surface area contributed by atoms with Crippen molar-refractivity contribution in [3.8, 4) is 5.75 Å². The van der Waals surface area contributed by atoms with Gasteiger partial charge in [0, 0.05) is 31.7 Å². The minimum Gasteiger partial charge on any atom is -0.495 e. The molecule has 1 unspecified atom stereocenters. The molecule has 0 bridgehead atoms. The van der Waals surface area contributed by atoms with Crippen molar-refractivity contribution >= 4 is 74.5 Å². The Bertz CT molecular complexity index is 1950. The number of halogens is 2. The number of benzene rings is 5. The minimum atomic E-state index is -0.643. The standard InChI is InChI=1S/C38H31BrClN3O4S/c1-24-20-32(34(47-2)23-31(24)40)42-38(46)35(26-10-5-3-6-11-26)48-30-15-9-14-29(22-30)41-37(45)33(21-25-16-18-28(39)19-17-25)43-36(44)27-12-7-4-8-13-27/h3-23,35H,1-2H3,(H,41,45)(H,42,46)(H,43,44)/b33-21-. The maximum atomic E-state index is 13.8. The molecule has 0 aliphatic carbocycles. The third-order valence-corrected chi connectivity index (χ3v) is 9.32. The van der Waals surface area contributed by atoms with Gasteiger partial charge in [-0.25, -0.2) is 0 Å².